The first kappa shape index (κ1) is 26.2. The van der Waals surface area contributed by atoms with E-state index < -0.39 is 12.2 Å². The molecule has 2 unspecified atom stereocenters. The highest BCUT2D eigenvalue weighted by atomic mass is 79.9. The van der Waals surface area contributed by atoms with Crippen LogP contribution in [-0.4, -0.2) is 37.1 Å². The van der Waals surface area contributed by atoms with Crippen molar-refractivity contribution in [1.82, 2.24) is 10.6 Å². The number of carbonyl (C=O) groups is 2. The van der Waals surface area contributed by atoms with Crippen molar-refractivity contribution in [3.05, 3.63) is 55.5 Å². The lowest BCUT2D eigenvalue weighted by atomic mass is 10.1. The number of hydrogen-bond acceptors (Lipinski definition) is 4. The lowest BCUT2D eigenvalue weighted by molar-refractivity contribution is -0.129. The molecule has 0 aliphatic rings. The third kappa shape index (κ3) is 7.24. The van der Waals surface area contributed by atoms with Gasteiger partial charge in [0.05, 0.1) is 0 Å². The van der Waals surface area contributed by atoms with Crippen LogP contribution in [0.5, 0.6) is 11.5 Å². The maximum absolute atomic E-state index is 12.4. The number of halogens is 2. The van der Waals surface area contributed by atoms with E-state index in [4.69, 9.17) is 9.47 Å². The third-order valence-electron chi connectivity index (χ3n) is 4.90. The van der Waals surface area contributed by atoms with Crippen LogP contribution in [-0.2, 0) is 9.59 Å². The lowest BCUT2D eigenvalue weighted by Gasteiger charge is -2.19. The predicted molar refractivity (Wildman–Crippen MR) is 133 cm³/mol. The van der Waals surface area contributed by atoms with Crippen molar-refractivity contribution in [2.75, 3.05) is 13.1 Å². The number of rotatable bonds is 9. The molecule has 0 saturated heterocycles. The van der Waals surface area contributed by atoms with E-state index in [1.165, 1.54) is 0 Å². The van der Waals surface area contributed by atoms with Gasteiger partial charge < -0.3 is 20.1 Å². The maximum Gasteiger partial charge on any atom is 0.260 e. The van der Waals surface area contributed by atoms with Crippen LogP contribution in [0, 0.1) is 27.7 Å². The second-order valence-corrected chi connectivity index (χ2v) is 9.67. The van der Waals surface area contributed by atoms with Gasteiger partial charge >= 0.3 is 0 Å². The number of amides is 2. The molecule has 2 amide bonds. The highest BCUT2D eigenvalue weighted by Gasteiger charge is 2.19. The standard InChI is InChI=1S/C24H30Br2N2O4/c1-13-9-19(25)10-14(2)21(13)31-17(5)23(29)27-7-8-28-24(30)18(6)32-22-15(3)11-20(26)12-16(22)4/h9-12,17-18H,7-8H2,1-6H3,(H,27,29)(H,28,30). The number of carbonyl (C=O) groups excluding carboxylic acids is 2. The minimum atomic E-state index is -0.658. The first-order chi connectivity index (χ1) is 15.0. The highest BCUT2D eigenvalue weighted by Crippen LogP contribution is 2.29. The van der Waals surface area contributed by atoms with Gasteiger partial charge in [0.2, 0.25) is 0 Å². The van der Waals surface area contributed by atoms with Crippen molar-refractivity contribution in [1.29, 1.82) is 0 Å². The van der Waals surface area contributed by atoms with Gasteiger partial charge in [-0.25, -0.2) is 0 Å². The summed E-state index contributed by atoms with van der Waals surface area (Å²) in [5.41, 5.74) is 3.81. The zero-order valence-corrected chi connectivity index (χ0v) is 22.4. The molecule has 32 heavy (non-hydrogen) atoms. The molecule has 0 fully saturated rings. The normalized spacial score (nSPS) is 12.6. The van der Waals surface area contributed by atoms with Crippen molar-refractivity contribution < 1.29 is 19.1 Å². The summed E-state index contributed by atoms with van der Waals surface area (Å²) in [4.78, 5) is 24.7. The molecule has 2 atom stereocenters. The fourth-order valence-electron chi connectivity index (χ4n) is 3.29. The van der Waals surface area contributed by atoms with Gasteiger partial charge in [-0.05, 0) is 88.1 Å². The maximum atomic E-state index is 12.4. The van der Waals surface area contributed by atoms with Gasteiger partial charge in [-0.15, -0.1) is 0 Å². The van der Waals surface area contributed by atoms with E-state index in [0.717, 1.165) is 31.2 Å². The second-order valence-electron chi connectivity index (χ2n) is 7.84. The van der Waals surface area contributed by atoms with Gasteiger partial charge in [-0.1, -0.05) is 31.9 Å². The van der Waals surface area contributed by atoms with E-state index >= 15 is 0 Å². The van der Waals surface area contributed by atoms with Crippen LogP contribution >= 0.6 is 31.9 Å². The van der Waals surface area contributed by atoms with Crippen molar-refractivity contribution in [3.8, 4) is 11.5 Å². The summed E-state index contributed by atoms with van der Waals surface area (Å²) in [7, 11) is 0. The predicted octanol–water partition coefficient (Wildman–Crippen LogP) is 4.91. The molecule has 0 aromatic heterocycles. The first-order valence-corrected chi connectivity index (χ1v) is 12.0. The molecule has 0 bridgehead atoms. The lowest BCUT2D eigenvalue weighted by Crippen LogP contribution is -2.43. The second kappa shape index (κ2) is 11.7. The summed E-state index contributed by atoms with van der Waals surface area (Å²) in [6.45, 7) is 11.7. The molecule has 0 saturated carbocycles. The molecule has 2 aromatic carbocycles. The van der Waals surface area contributed by atoms with Crippen molar-refractivity contribution in [3.63, 3.8) is 0 Å². The minimum Gasteiger partial charge on any atom is -0.480 e. The van der Waals surface area contributed by atoms with E-state index in [9.17, 15) is 9.59 Å². The minimum absolute atomic E-state index is 0.244. The van der Waals surface area contributed by atoms with Crippen molar-refractivity contribution in [2.24, 2.45) is 0 Å². The molecule has 0 radical (unpaired) electrons. The number of nitrogens with one attached hydrogen (secondary N) is 2. The summed E-state index contributed by atoms with van der Waals surface area (Å²) in [6, 6.07) is 7.79. The van der Waals surface area contributed by atoms with Gasteiger partial charge in [0, 0.05) is 22.0 Å². The van der Waals surface area contributed by atoms with Crippen LogP contribution in [0.15, 0.2) is 33.2 Å². The first-order valence-electron chi connectivity index (χ1n) is 10.4. The van der Waals surface area contributed by atoms with Gasteiger partial charge in [0.25, 0.3) is 11.8 Å². The topological polar surface area (TPSA) is 76.7 Å². The Balaban J connectivity index is 1.79. The molecule has 8 heteroatoms. The molecule has 0 heterocycles. The van der Waals surface area contributed by atoms with Crippen LogP contribution in [0.3, 0.4) is 0 Å². The molecule has 0 aliphatic heterocycles. The summed E-state index contributed by atoms with van der Waals surface area (Å²) >= 11 is 6.91. The highest BCUT2D eigenvalue weighted by molar-refractivity contribution is 9.10. The van der Waals surface area contributed by atoms with Crippen LogP contribution in [0.2, 0.25) is 0 Å². The Labute approximate surface area is 206 Å². The quantitative estimate of drug-likeness (QED) is 0.421. The Bertz CT molecular complexity index is 868. The summed E-state index contributed by atoms with van der Waals surface area (Å²) in [6.07, 6.45) is -1.32. The molecular formula is C24H30Br2N2O4. The SMILES string of the molecule is Cc1cc(Br)cc(C)c1OC(C)C(=O)NCCNC(=O)C(C)Oc1c(C)cc(Br)cc1C. The molecule has 2 aromatic rings. The summed E-state index contributed by atoms with van der Waals surface area (Å²) in [5.74, 6) is 0.917. The third-order valence-corrected chi connectivity index (χ3v) is 5.82. The smallest absolute Gasteiger partial charge is 0.260 e. The fraction of sp³-hybridized carbons (Fsp3) is 0.417. The Kier molecular flexibility index (Phi) is 9.58. The van der Waals surface area contributed by atoms with Crippen molar-refractivity contribution >= 4 is 43.7 Å². The van der Waals surface area contributed by atoms with Gasteiger partial charge in [-0.3, -0.25) is 9.59 Å². The zero-order valence-electron chi connectivity index (χ0n) is 19.3. The number of benzene rings is 2. The number of aryl methyl sites for hydroxylation is 4. The summed E-state index contributed by atoms with van der Waals surface area (Å²) in [5, 5.41) is 5.57. The average Bonchev–Trinajstić information content (AvgIpc) is 2.69. The molecule has 0 aliphatic carbocycles. The van der Waals surface area contributed by atoms with E-state index in [-0.39, 0.29) is 11.8 Å². The molecular weight excluding hydrogens is 540 g/mol. The monoisotopic (exact) mass is 568 g/mol. The Morgan fingerprint density at radius 2 is 1.00 bits per heavy atom. The van der Waals surface area contributed by atoms with Crippen molar-refractivity contribution in [2.45, 2.75) is 53.8 Å². The van der Waals surface area contributed by atoms with Gasteiger partial charge in [0.1, 0.15) is 11.5 Å². The van der Waals surface area contributed by atoms with Crippen LogP contribution in [0.4, 0.5) is 0 Å². The van der Waals surface area contributed by atoms with E-state index in [2.05, 4.69) is 42.5 Å². The molecule has 6 nitrogen and oxygen atoms in total. The van der Waals surface area contributed by atoms with E-state index in [1.807, 2.05) is 52.0 Å². The van der Waals surface area contributed by atoms with Crippen LogP contribution in [0.1, 0.15) is 36.1 Å². The molecule has 2 N–H and O–H groups in total. The zero-order chi connectivity index (χ0) is 24.0. The fourth-order valence-corrected chi connectivity index (χ4v) is 4.66. The van der Waals surface area contributed by atoms with E-state index in [0.29, 0.717) is 24.6 Å². The number of hydrogen-bond donors (Lipinski definition) is 2. The van der Waals surface area contributed by atoms with Crippen LogP contribution < -0.4 is 20.1 Å². The Hall–Kier alpha value is -2.06. The molecule has 0 spiro atoms. The van der Waals surface area contributed by atoms with Crippen LogP contribution in [0.25, 0.3) is 0 Å². The Morgan fingerprint density at radius 1 is 0.719 bits per heavy atom. The van der Waals surface area contributed by atoms with Gasteiger partial charge in [0.15, 0.2) is 12.2 Å². The van der Waals surface area contributed by atoms with Gasteiger partial charge in [-0.2, -0.15) is 0 Å². The van der Waals surface area contributed by atoms with E-state index in [1.54, 1.807) is 13.8 Å². The molecule has 2 rings (SSSR count). The largest absolute Gasteiger partial charge is 0.480 e. The average molecular weight is 570 g/mol. The molecule has 174 valence electrons. The Morgan fingerprint density at radius 3 is 1.28 bits per heavy atom. The summed E-state index contributed by atoms with van der Waals surface area (Å²) < 4.78 is 13.7. The number of ether oxygens (including phenoxy) is 2.